The highest BCUT2D eigenvalue weighted by Gasteiger charge is 2.18. The minimum absolute atomic E-state index is 0.109. The van der Waals surface area contributed by atoms with E-state index in [4.69, 9.17) is 0 Å². The Kier molecular flexibility index (Phi) is 2.04. The predicted molar refractivity (Wildman–Crippen MR) is 49.3 cm³/mol. The van der Waals surface area contributed by atoms with Crippen LogP contribution in [0.2, 0.25) is 0 Å². The lowest BCUT2D eigenvalue weighted by Gasteiger charge is -2.25. The Balaban J connectivity index is 2.74. The zero-order valence-electron chi connectivity index (χ0n) is 7.60. The molecule has 0 saturated carbocycles. The third-order valence-corrected chi connectivity index (χ3v) is 2.10. The second kappa shape index (κ2) is 2.73. The summed E-state index contributed by atoms with van der Waals surface area (Å²) in [6.45, 7) is 6.01. The molecule has 0 aromatic heterocycles. The van der Waals surface area contributed by atoms with E-state index in [1.807, 2.05) is 20.8 Å². The van der Waals surface area contributed by atoms with Crippen LogP contribution in [-0.2, 0) is 0 Å². The van der Waals surface area contributed by atoms with Crippen molar-refractivity contribution < 1.29 is 0 Å². The van der Waals surface area contributed by atoms with Crippen LogP contribution < -0.4 is 16.2 Å². The number of anilines is 1. The van der Waals surface area contributed by atoms with E-state index >= 15 is 0 Å². The molecule has 0 spiro atoms. The Morgan fingerprint density at radius 2 is 2.00 bits per heavy atom. The van der Waals surface area contributed by atoms with E-state index in [1.165, 1.54) is 6.07 Å². The molecule has 0 atom stereocenters. The molecule has 0 radical (unpaired) electrons. The minimum Gasteiger partial charge on any atom is -0.377 e. The maximum atomic E-state index is 10.9. The van der Waals surface area contributed by atoms with Crippen molar-refractivity contribution in [3.8, 4) is 0 Å². The smallest absolute Gasteiger partial charge is 0.248 e. The van der Waals surface area contributed by atoms with Crippen molar-refractivity contribution in [1.82, 2.24) is 0 Å². The molecule has 66 valence electrons. The van der Waals surface area contributed by atoms with E-state index in [-0.39, 0.29) is 5.54 Å². The van der Waals surface area contributed by atoms with Gasteiger partial charge in [0.15, 0.2) is 0 Å². The maximum absolute atomic E-state index is 10.9. The van der Waals surface area contributed by atoms with Crippen LogP contribution in [-0.4, -0.2) is 5.54 Å². The quantitative estimate of drug-likeness (QED) is 0.680. The van der Waals surface area contributed by atoms with Gasteiger partial charge in [-0.05, 0) is 20.3 Å². The topological polar surface area (TPSA) is 46.2 Å². The van der Waals surface area contributed by atoms with E-state index in [1.54, 1.807) is 0 Å². The van der Waals surface area contributed by atoms with E-state index in [0.717, 1.165) is 6.42 Å². The van der Waals surface area contributed by atoms with Gasteiger partial charge in [0.25, 0.3) is 0 Å². The molecule has 3 heteroatoms. The van der Waals surface area contributed by atoms with E-state index in [2.05, 4.69) is 5.32 Å². The molecule has 0 aliphatic carbocycles. The molecule has 1 N–H and O–H groups in total. The number of hydrogen-bond donors (Lipinski definition) is 1. The Hall–Kier alpha value is -1.12. The summed E-state index contributed by atoms with van der Waals surface area (Å²) in [5.41, 5.74) is -0.449. The maximum Gasteiger partial charge on any atom is 0.248 e. The molecule has 1 aromatic rings. The fourth-order valence-electron chi connectivity index (χ4n) is 0.863. The molecule has 0 unspecified atom stereocenters. The van der Waals surface area contributed by atoms with Crippen LogP contribution in [0.5, 0.6) is 0 Å². The lowest BCUT2D eigenvalue weighted by Crippen LogP contribution is -2.39. The second-order valence-electron chi connectivity index (χ2n) is 3.61. The standard InChI is InChI=1S/C9H13NO2/c1-4-9(2,3)10-6-5-7(11)8(6)12/h5,10H,4H2,1-3H3. The molecule has 0 aliphatic rings. The van der Waals surface area contributed by atoms with Gasteiger partial charge in [-0.25, -0.2) is 0 Å². The highest BCUT2D eigenvalue weighted by atomic mass is 16.2. The monoisotopic (exact) mass is 167 g/mol. The summed E-state index contributed by atoms with van der Waals surface area (Å²) in [6.07, 6.45) is 0.909. The first-order valence-electron chi connectivity index (χ1n) is 4.05. The van der Waals surface area contributed by atoms with Crippen LogP contribution in [0, 0.1) is 0 Å². The van der Waals surface area contributed by atoms with Crippen LogP contribution in [0.15, 0.2) is 15.7 Å². The fourth-order valence-corrected chi connectivity index (χ4v) is 0.863. The molecule has 12 heavy (non-hydrogen) atoms. The summed E-state index contributed by atoms with van der Waals surface area (Å²) >= 11 is 0. The minimum atomic E-state index is -0.399. The third-order valence-electron chi connectivity index (χ3n) is 2.10. The van der Waals surface area contributed by atoms with Gasteiger partial charge in [-0.3, -0.25) is 9.59 Å². The van der Waals surface area contributed by atoms with Gasteiger partial charge in [-0.1, -0.05) is 6.92 Å². The summed E-state index contributed by atoms with van der Waals surface area (Å²) in [6, 6.07) is 1.35. The van der Waals surface area contributed by atoms with Crippen LogP contribution in [0.25, 0.3) is 0 Å². The molecule has 1 aromatic carbocycles. The molecule has 0 saturated heterocycles. The summed E-state index contributed by atoms with van der Waals surface area (Å²) in [5.74, 6) is 0. The van der Waals surface area contributed by atoms with Gasteiger partial charge in [0.1, 0.15) is 0 Å². The van der Waals surface area contributed by atoms with Gasteiger partial charge in [0.2, 0.25) is 10.9 Å². The SMILES string of the molecule is CCC(C)(C)Nc1cc(=O)c1=O. The fraction of sp³-hybridized carbons (Fsp3) is 0.556. The van der Waals surface area contributed by atoms with Crippen LogP contribution >= 0.6 is 0 Å². The average molecular weight is 167 g/mol. The summed E-state index contributed by atoms with van der Waals surface area (Å²) in [4.78, 5) is 21.4. The molecule has 3 nitrogen and oxygen atoms in total. The van der Waals surface area contributed by atoms with Crippen molar-refractivity contribution in [2.24, 2.45) is 0 Å². The van der Waals surface area contributed by atoms with Gasteiger partial charge in [-0.15, -0.1) is 0 Å². The van der Waals surface area contributed by atoms with Crippen molar-refractivity contribution in [2.75, 3.05) is 5.32 Å². The normalized spacial score (nSPS) is 11.9. The summed E-state index contributed by atoms with van der Waals surface area (Å²) in [5, 5.41) is 3.01. The Labute approximate surface area is 71.1 Å². The molecule has 1 rings (SSSR count). The highest BCUT2D eigenvalue weighted by Crippen LogP contribution is 2.13. The Morgan fingerprint density at radius 1 is 1.42 bits per heavy atom. The summed E-state index contributed by atoms with van der Waals surface area (Å²) < 4.78 is 0. The van der Waals surface area contributed by atoms with Gasteiger partial charge in [0, 0.05) is 11.6 Å². The first-order valence-corrected chi connectivity index (χ1v) is 4.05. The van der Waals surface area contributed by atoms with Crippen molar-refractivity contribution in [1.29, 1.82) is 0 Å². The van der Waals surface area contributed by atoms with Crippen molar-refractivity contribution in [3.05, 3.63) is 26.5 Å². The average Bonchev–Trinajstić information content (AvgIpc) is 2.03. The van der Waals surface area contributed by atoms with Gasteiger partial charge < -0.3 is 5.32 Å². The zero-order chi connectivity index (χ0) is 9.35. The molecule has 0 heterocycles. The third kappa shape index (κ3) is 1.55. The van der Waals surface area contributed by atoms with Crippen LogP contribution in [0.1, 0.15) is 27.2 Å². The molecule has 0 bridgehead atoms. The Bertz CT molecular complexity index is 345. The predicted octanol–water partition coefficient (Wildman–Crippen LogP) is 0.883. The van der Waals surface area contributed by atoms with E-state index < -0.39 is 10.9 Å². The number of nitrogens with one attached hydrogen (secondary N) is 1. The summed E-state index contributed by atoms with van der Waals surface area (Å²) in [7, 11) is 0. The first-order chi connectivity index (χ1) is 5.46. The van der Waals surface area contributed by atoms with Gasteiger partial charge >= 0.3 is 0 Å². The highest BCUT2D eigenvalue weighted by molar-refractivity contribution is 5.48. The van der Waals surface area contributed by atoms with Crippen molar-refractivity contribution >= 4 is 5.69 Å². The first kappa shape index (κ1) is 8.97. The van der Waals surface area contributed by atoms with Crippen molar-refractivity contribution in [3.63, 3.8) is 0 Å². The van der Waals surface area contributed by atoms with E-state index in [9.17, 15) is 9.59 Å². The van der Waals surface area contributed by atoms with Gasteiger partial charge in [0.05, 0.1) is 5.69 Å². The lowest BCUT2D eigenvalue weighted by atomic mass is 10.0. The van der Waals surface area contributed by atoms with Crippen molar-refractivity contribution in [2.45, 2.75) is 32.7 Å². The number of hydrogen-bond acceptors (Lipinski definition) is 3. The van der Waals surface area contributed by atoms with Crippen LogP contribution in [0.4, 0.5) is 5.69 Å². The lowest BCUT2D eigenvalue weighted by molar-refractivity contribution is 0.546. The van der Waals surface area contributed by atoms with E-state index in [0.29, 0.717) is 5.69 Å². The molecular formula is C9H13NO2. The Morgan fingerprint density at radius 3 is 2.33 bits per heavy atom. The molecule has 0 fully saturated rings. The van der Waals surface area contributed by atoms with Crippen LogP contribution in [0.3, 0.4) is 0 Å². The zero-order valence-corrected chi connectivity index (χ0v) is 7.60. The van der Waals surface area contributed by atoms with Gasteiger partial charge in [-0.2, -0.15) is 0 Å². The molecule has 0 aliphatic heterocycles. The molecular weight excluding hydrogens is 154 g/mol. The largest absolute Gasteiger partial charge is 0.377 e. The number of rotatable bonds is 3. The second-order valence-corrected chi connectivity index (χ2v) is 3.61. The molecule has 0 amide bonds.